The Morgan fingerprint density at radius 2 is 2.11 bits per heavy atom. The van der Waals surface area contributed by atoms with Gasteiger partial charge in [0.1, 0.15) is 16.9 Å². The number of aliphatic hydroxyl groups is 1. The van der Waals surface area contributed by atoms with E-state index in [4.69, 9.17) is 4.42 Å². The van der Waals surface area contributed by atoms with Gasteiger partial charge >= 0.3 is 0 Å². The summed E-state index contributed by atoms with van der Waals surface area (Å²) in [5.41, 5.74) is 0.993. The molecule has 1 N–H and O–H groups in total. The lowest BCUT2D eigenvalue weighted by Gasteiger charge is -2.44. The Labute approximate surface area is 118 Å². The van der Waals surface area contributed by atoms with Crippen molar-refractivity contribution in [3.8, 4) is 0 Å². The van der Waals surface area contributed by atoms with Gasteiger partial charge in [-0.3, -0.25) is 0 Å². The first-order chi connectivity index (χ1) is 8.94. The lowest BCUT2D eigenvalue weighted by atomic mass is 9.72. The first kappa shape index (κ1) is 13.1. The zero-order chi connectivity index (χ0) is 13.7. The van der Waals surface area contributed by atoms with Gasteiger partial charge in [0.15, 0.2) is 0 Å². The lowest BCUT2D eigenvalue weighted by molar-refractivity contribution is -0.0727. The average molecular weight is 276 g/mol. The molecule has 1 aliphatic heterocycles. The highest BCUT2D eigenvalue weighted by Gasteiger charge is 2.49. The molecule has 3 heteroatoms. The fourth-order valence-corrected chi connectivity index (χ4v) is 4.39. The molecule has 0 saturated carbocycles. The van der Waals surface area contributed by atoms with Crippen LogP contribution in [0.3, 0.4) is 0 Å². The molecular formula is C16H20O2S. The Morgan fingerprint density at radius 3 is 2.79 bits per heavy atom. The van der Waals surface area contributed by atoms with E-state index in [0.29, 0.717) is 11.5 Å². The highest BCUT2D eigenvalue weighted by molar-refractivity contribution is 7.99. The average Bonchev–Trinajstić information content (AvgIpc) is 2.79. The highest BCUT2D eigenvalue weighted by Crippen LogP contribution is 2.49. The Hall–Kier alpha value is -0.930. The van der Waals surface area contributed by atoms with Crippen LogP contribution in [0.25, 0.3) is 11.0 Å². The Balaban J connectivity index is 2.15. The van der Waals surface area contributed by atoms with Crippen LogP contribution in [0.1, 0.15) is 31.6 Å². The summed E-state index contributed by atoms with van der Waals surface area (Å²) < 4.78 is 6.01. The molecule has 0 aliphatic carbocycles. The van der Waals surface area contributed by atoms with E-state index in [0.717, 1.165) is 28.7 Å². The first-order valence-electron chi connectivity index (χ1n) is 6.74. The molecule has 1 aromatic carbocycles. The van der Waals surface area contributed by atoms with Crippen LogP contribution in [0.15, 0.2) is 28.7 Å². The molecule has 19 heavy (non-hydrogen) atoms. The number of furan rings is 1. The van der Waals surface area contributed by atoms with Gasteiger partial charge in [0.2, 0.25) is 0 Å². The van der Waals surface area contributed by atoms with Crippen molar-refractivity contribution in [1.82, 2.24) is 0 Å². The minimum atomic E-state index is -0.874. The van der Waals surface area contributed by atoms with E-state index in [1.807, 2.05) is 31.2 Å². The molecule has 1 saturated heterocycles. The molecule has 1 atom stereocenters. The summed E-state index contributed by atoms with van der Waals surface area (Å²) in [5, 5.41) is 12.2. The predicted molar refractivity (Wildman–Crippen MR) is 80.6 cm³/mol. The Kier molecular flexibility index (Phi) is 2.95. The monoisotopic (exact) mass is 276 g/mol. The zero-order valence-electron chi connectivity index (χ0n) is 11.7. The molecule has 1 unspecified atom stereocenters. The van der Waals surface area contributed by atoms with Gasteiger partial charge in [-0.05, 0) is 30.7 Å². The third-order valence-electron chi connectivity index (χ3n) is 4.45. The topological polar surface area (TPSA) is 33.4 Å². The minimum absolute atomic E-state index is 0.153. The molecule has 0 bridgehead atoms. The van der Waals surface area contributed by atoms with Crippen molar-refractivity contribution < 1.29 is 9.52 Å². The van der Waals surface area contributed by atoms with Crippen LogP contribution in [0, 0.1) is 12.3 Å². The summed E-state index contributed by atoms with van der Waals surface area (Å²) >= 11 is 1.80. The van der Waals surface area contributed by atoms with Crippen molar-refractivity contribution >= 4 is 22.7 Å². The van der Waals surface area contributed by atoms with Crippen molar-refractivity contribution in [3.05, 3.63) is 35.6 Å². The van der Waals surface area contributed by atoms with Crippen LogP contribution in [0.4, 0.5) is 0 Å². The van der Waals surface area contributed by atoms with Gasteiger partial charge in [0.05, 0.1) is 0 Å². The van der Waals surface area contributed by atoms with E-state index >= 15 is 0 Å². The second-order valence-corrected chi connectivity index (χ2v) is 7.26. The van der Waals surface area contributed by atoms with E-state index in [9.17, 15) is 5.11 Å². The van der Waals surface area contributed by atoms with Crippen LogP contribution in [-0.4, -0.2) is 16.6 Å². The van der Waals surface area contributed by atoms with Crippen LogP contribution in [-0.2, 0) is 5.60 Å². The van der Waals surface area contributed by atoms with Crippen LogP contribution in [0.2, 0.25) is 0 Å². The fourth-order valence-electron chi connectivity index (χ4n) is 2.77. The Bertz CT molecular complexity index is 614. The summed E-state index contributed by atoms with van der Waals surface area (Å²) in [5.74, 6) is 2.53. The molecule has 2 nitrogen and oxygen atoms in total. The quantitative estimate of drug-likeness (QED) is 0.851. The smallest absolute Gasteiger partial charge is 0.138 e. The van der Waals surface area contributed by atoms with E-state index < -0.39 is 5.60 Å². The maximum Gasteiger partial charge on any atom is 0.138 e. The van der Waals surface area contributed by atoms with Gasteiger partial charge < -0.3 is 9.52 Å². The normalized spacial score (nSPS) is 26.7. The van der Waals surface area contributed by atoms with Gasteiger partial charge in [0.25, 0.3) is 0 Å². The Morgan fingerprint density at radius 1 is 1.32 bits per heavy atom. The van der Waals surface area contributed by atoms with Crippen molar-refractivity contribution in [2.45, 2.75) is 32.8 Å². The summed E-state index contributed by atoms with van der Waals surface area (Å²) in [7, 11) is 0. The first-order valence-corrected chi connectivity index (χ1v) is 7.89. The largest absolute Gasteiger partial charge is 0.458 e. The molecule has 0 spiro atoms. The summed E-state index contributed by atoms with van der Waals surface area (Å²) in [4.78, 5) is 0. The molecule has 2 aromatic rings. The molecule has 1 aliphatic rings. The minimum Gasteiger partial charge on any atom is -0.458 e. The van der Waals surface area contributed by atoms with Crippen molar-refractivity contribution in [2.75, 3.05) is 11.5 Å². The van der Waals surface area contributed by atoms with E-state index in [1.165, 1.54) is 0 Å². The molecule has 1 fully saturated rings. The molecule has 1 aromatic heterocycles. The van der Waals surface area contributed by atoms with Crippen molar-refractivity contribution in [3.63, 3.8) is 0 Å². The fraction of sp³-hybridized carbons (Fsp3) is 0.500. The molecular weight excluding hydrogens is 256 g/mol. The second-order valence-electron chi connectivity index (χ2n) is 6.15. The molecule has 0 amide bonds. The summed E-state index contributed by atoms with van der Waals surface area (Å²) in [6, 6.07) is 8.12. The predicted octanol–water partition coefficient (Wildman–Crippen LogP) is 4.09. The standard InChI is InChI=1S/C16H20O2S/c1-11-5-4-6-12-9-13(18-14(11)12)16(17)10-19-8-7-15(16,2)3/h4-6,9,17H,7-8,10H2,1-3H3. The van der Waals surface area contributed by atoms with E-state index in [-0.39, 0.29) is 5.41 Å². The maximum absolute atomic E-state index is 11.1. The van der Waals surface area contributed by atoms with Gasteiger partial charge in [-0.2, -0.15) is 11.8 Å². The van der Waals surface area contributed by atoms with Crippen LogP contribution < -0.4 is 0 Å². The number of aryl methyl sites for hydroxylation is 1. The summed E-state index contributed by atoms with van der Waals surface area (Å²) in [6.45, 7) is 6.31. The number of thioether (sulfide) groups is 1. The van der Waals surface area contributed by atoms with Gasteiger partial charge in [-0.15, -0.1) is 0 Å². The second kappa shape index (κ2) is 4.29. The molecule has 0 radical (unpaired) electrons. The number of hydrogen-bond acceptors (Lipinski definition) is 3. The highest BCUT2D eigenvalue weighted by atomic mass is 32.2. The third-order valence-corrected chi connectivity index (χ3v) is 5.57. The van der Waals surface area contributed by atoms with E-state index in [2.05, 4.69) is 13.8 Å². The van der Waals surface area contributed by atoms with E-state index in [1.54, 1.807) is 11.8 Å². The zero-order valence-corrected chi connectivity index (χ0v) is 12.5. The number of fused-ring (bicyclic) bond motifs is 1. The summed E-state index contributed by atoms with van der Waals surface area (Å²) in [6.07, 6.45) is 1.00. The number of para-hydroxylation sites is 1. The number of rotatable bonds is 1. The molecule has 3 rings (SSSR count). The number of benzene rings is 1. The van der Waals surface area contributed by atoms with Crippen LogP contribution >= 0.6 is 11.8 Å². The van der Waals surface area contributed by atoms with Crippen molar-refractivity contribution in [2.24, 2.45) is 5.41 Å². The van der Waals surface area contributed by atoms with Crippen LogP contribution in [0.5, 0.6) is 0 Å². The van der Waals surface area contributed by atoms with Gasteiger partial charge in [0, 0.05) is 16.6 Å². The molecule has 102 valence electrons. The SMILES string of the molecule is Cc1cccc2cc(C3(O)CSCCC3(C)C)oc12. The molecule has 2 heterocycles. The third kappa shape index (κ3) is 1.91. The van der Waals surface area contributed by atoms with Gasteiger partial charge in [-0.1, -0.05) is 32.0 Å². The lowest BCUT2D eigenvalue weighted by Crippen LogP contribution is -2.47. The number of hydrogen-bond donors (Lipinski definition) is 1. The van der Waals surface area contributed by atoms with Gasteiger partial charge in [-0.25, -0.2) is 0 Å². The van der Waals surface area contributed by atoms with Crippen molar-refractivity contribution in [1.29, 1.82) is 0 Å². The maximum atomic E-state index is 11.1.